The summed E-state index contributed by atoms with van der Waals surface area (Å²) in [5.74, 6) is 0. The third-order valence-corrected chi connectivity index (χ3v) is 4.60. The molecule has 0 aliphatic carbocycles. The van der Waals surface area contributed by atoms with Crippen molar-refractivity contribution in [1.82, 2.24) is 14.8 Å². The third-order valence-electron chi connectivity index (χ3n) is 3.66. The minimum absolute atomic E-state index is 0.271. The first kappa shape index (κ1) is 13.8. The lowest BCUT2D eigenvalue weighted by molar-refractivity contribution is 0.0365. The molecule has 1 saturated heterocycles. The fourth-order valence-corrected chi connectivity index (χ4v) is 3.23. The van der Waals surface area contributed by atoms with Crippen molar-refractivity contribution in [1.29, 1.82) is 0 Å². The highest BCUT2D eigenvalue weighted by molar-refractivity contribution is 7.15. The highest BCUT2D eigenvalue weighted by atomic mass is 32.1. The van der Waals surface area contributed by atoms with Gasteiger partial charge in [-0.2, -0.15) is 0 Å². The maximum Gasteiger partial charge on any atom is 0.182 e. The van der Waals surface area contributed by atoms with Crippen LogP contribution in [-0.4, -0.2) is 53.5 Å². The van der Waals surface area contributed by atoms with E-state index in [9.17, 15) is 0 Å². The lowest BCUT2D eigenvalue weighted by Crippen LogP contribution is -2.57. The number of nitrogens with one attached hydrogen (secondary N) is 1. The molecule has 18 heavy (non-hydrogen) atoms. The van der Waals surface area contributed by atoms with E-state index >= 15 is 0 Å². The van der Waals surface area contributed by atoms with Crippen LogP contribution in [0.1, 0.15) is 25.6 Å². The van der Waals surface area contributed by atoms with Gasteiger partial charge in [-0.25, -0.2) is 4.98 Å². The van der Waals surface area contributed by atoms with Crippen molar-refractivity contribution in [3.63, 3.8) is 0 Å². The average molecular weight is 268 g/mol. The third kappa shape index (κ3) is 3.22. The largest absolute Gasteiger partial charge is 0.362 e. The van der Waals surface area contributed by atoms with Gasteiger partial charge in [-0.15, -0.1) is 11.3 Å². The summed E-state index contributed by atoms with van der Waals surface area (Å²) >= 11 is 1.77. The number of rotatable bonds is 4. The van der Waals surface area contributed by atoms with E-state index in [-0.39, 0.29) is 5.54 Å². The highest BCUT2D eigenvalue weighted by Gasteiger charge is 2.30. The number of anilines is 1. The number of thiazole rings is 1. The fraction of sp³-hybridized carbons (Fsp3) is 0.769. The molecule has 102 valence electrons. The second-order valence-electron chi connectivity index (χ2n) is 5.61. The van der Waals surface area contributed by atoms with Crippen LogP contribution in [0.15, 0.2) is 6.20 Å². The van der Waals surface area contributed by atoms with Crippen molar-refractivity contribution in [3.05, 3.63) is 11.1 Å². The number of nitrogens with zero attached hydrogens (tertiary/aromatic N) is 3. The van der Waals surface area contributed by atoms with Crippen molar-refractivity contribution in [2.45, 2.75) is 32.9 Å². The molecule has 0 saturated carbocycles. The van der Waals surface area contributed by atoms with Gasteiger partial charge in [-0.1, -0.05) is 0 Å². The lowest BCUT2D eigenvalue weighted by Gasteiger charge is -2.45. The van der Waals surface area contributed by atoms with Gasteiger partial charge in [0.15, 0.2) is 5.13 Å². The molecule has 1 fully saturated rings. The molecule has 4 nitrogen and oxygen atoms in total. The van der Waals surface area contributed by atoms with E-state index < -0.39 is 0 Å². The summed E-state index contributed by atoms with van der Waals surface area (Å²) in [6.07, 6.45) is 2.01. The highest BCUT2D eigenvalue weighted by Crippen LogP contribution is 2.23. The molecule has 2 rings (SSSR count). The Morgan fingerprint density at radius 3 is 2.89 bits per heavy atom. The summed E-state index contributed by atoms with van der Waals surface area (Å²) < 4.78 is 0. The van der Waals surface area contributed by atoms with Gasteiger partial charge in [0.25, 0.3) is 0 Å². The van der Waals surface area contributed by atoms with E-state index in [1.807, 2.05) is 6.20 Å². The van der Waals surface area contributed by atoms with Crippen LogP contribution in [0.2, 0.25) is 0 Å². The van der Waals surface area contributed by atoms with Gasteiger partial charge in [-0.3, -0.25) is 9.80 Å². The quantitative estimate of drug-likeness (QED) is 0.906. The van der Waals surface area contributed by atoms with E-state index in [1.165, 1.54) is 4.88 Å². The summed E-state index contributed by atoms with van der Waals surface area (Å²) in [4.78, 5) is 10.7. The number of hydrogen-bond acceptors (Lipinski definition) is 5. The SMILES string of the molecule is CCNc1ncc(CN2CCN(C)C(C)(C)C2)s1. The first-order chi connectivity index (χ1) is 8.51. The van der Waals surface area contributed by atoms with Gasteiger partial charge in [0.05, 0.1) is 0 Å². The van der Waals surface area contributed by atoms with Crippen molar-refractivity contribution >= 4 is 16.5 Å². The Bertz CT molecular complexity index is 388. The molecule has 0 aromatic carbocycles. The number of piperazine rings is 1. The molecular formula is C13H24N4S. The maximum atomic E-state index is 4.39. The minimum atomic E-state index is 0.271. The van der Waals surface area contributed by atoms with Crippen LogP contribution in [0.4, 0.5) is 5.13 Å². The minimum Gasteiger partial charge on any atom is -0.362 e. The molecule has 5 heteroatoms. The molecule has 1 N–H and O–H groups in total. The number of aromatic nitrogens is 1. The Morgan fingerprint density at radius 1 is 1.44 bits per heavy atom. The molecule has 0 spiro atoms. The predicted octanol–water partition coefficient (Wildman–Crippen LogP) is 2.10. The average Bonchev–Trinajstić information content (AvgIpc) is 2.71. The molecule has 0 unspecified atom stereocenters. The number of likely N-dealkylation sites (N-methyl/N-ethyl adjacent to an activating group) is 1. The van der Waals surface area contributed by atoms with Gasteiger partial charge in [0.1, 0.15) is 0 Å². The summed E-state index contributed by atoms with van der Waals surface area (Å²) in [6, 6.07) is 0. The first-order valence-electron chi connectivity index (χ1n) is 6.63. The van der Waals surface area contributed by atoms with Crippen LogP contribution in [0.5, 0.6) is 0 Å². The smallest absolute Gasteiger partial charge is 0.182 e. The Labute approximate surface area is 114 Å². The molecule has 1 aromatic rings. The van der Waals surface area contributed by atoms with E-state index in [0.29, 0.717) is 0 Å². The van der Waals surface area contributed by atoms with Gasteiger partial charge in [0, 0.05) is 49.3 Å². The molecule has 0 radical (unpaired) electrons. The van der Waals surface area contributed by atoms with Gasteiger partial charge in [-0.05, 0) is 27.8 Å². The maximum absolute atomic E-state index is 4.39. The van der Waals surface area contributed by atoms with Crippen molar-refractivity contribution in [2.75, 3.05) is 38.5 Å². The topological polar surface area (TPSA) is 31.4 Å². The zero-order chi connectivity index (χ0) is 13.2. The molecule has 0 bridgehead atoms. The van der Waals surface area contributed by atoms with E-state index in [4.69, 9.17) is 0 Å². The zero-order valence-electron chi connectivity index (χ0n) is 11.9. The van der Waals surface area contributed by atoms with Gasteiger partial charge < -0.3 is 5.32 Å². The van der Waals surface area contributed by atoms with Gasteiger partial charge in [0.2, 0.25) is 0 Å². The second kappa shape index (κ2) is 5.55. The molecule has 0 amide bonds. The Morgan fingerprint density at radius 2 is 2.22 bits per heavy atom. The normalized spacial score (nSPS) is 21.1. The van der Waals surface area contributed by atoms with Crippen molar-refractivity contribution in [2.24, 2.45) is 0 Å². The molecule has 1 aliphatic heterocycles. The monoisotopic (exact) mass is 268 g/mol. The Kier molecular flexibility index (Phi) is 4.25. The molecule has 1 aliphatic rings. The van der Waals surface area contributed by atoms with E-state index in [0.717, 1.165) is 37.9 Å². The van der Waals surface area contributed by atoms with Crippen LogP contribution in [0, 0.1) is 0 Å². The van der Waals surface area contributed by atoms with Crippen molar-refractivity contribution in [3.8, 4) is 0 Å². The summed E-state index contributed by atoms with van der Waals surface area (Å²) in [5.41, 5.74) is 0.271. The predicted molar refractivity (Wildman–Crippen MR) is 78.3 cm³/mol. The van der Waals surface area contributed by atoms with E-state index in [2.05, 4.69) is 47.9 Å². The van der Waals surface area contributed by atoms with Crippen molar-refractivity contribution < 1.29 is 0 Å². The van der Waals surface area contributed by atoms with Gasteiger partial charge >= 0.3 is 0 Å². The van der Waals surface area contributed by atoms with Crippen LogP contribution in [-0.2, 0) is 6.54 Å². The molecule has 0 atom stereocenters. The van der Waals surface area contributed by atoms with E-state index in [1.54, 1.807) is 11.3 Å². The Hall–Kier alpha value is -0.650. The van der Waals surface area contributed by atoms with Crippen LogP contribution in [0.25, 0.3) is 0 Å². The lowest BCUT2D eigenvalue weighted by atomic mass is 10.00. The zero-order valence-corrected chi connectivity index (χ0v) is 12.7. The standard InChI is InChI=1S/C13H24N4S/c1-5-14-12-15-8-11(18-12)9-17-7-6-16(4)13(2,3)10-17/h8H,5-7,9-10H2,1-4H3,(H,14,15). The number of hydrogen-bond donors (Lipinski definition) is 1. The molecular weight excluding hydrogens is 244 g/mol. The van der Waals surface area contributed by atoms with Crippen LogP contribution >= 0.6 is 11.3 Å². The summed E-state index contributed by atoms with van der Waals surface area (Å²) in [7, 11) is 2.22. The van der Waals surface area contributed by atoms with Crippen LogP contribution < -0.4 is 5.32 Å². The Balaban J connectivity index is 1.93. The van der Waals surface area contributed by atoms with Crippen LogP contribution in [0.3, 0.4) is 0 Å². The fourth-order valence-electron chi connectivity index (χ4n) is 2.31. The summed E-state index contributed by atoms with van der Waals surface area (Å²) in [5, 5.41) is 4.31. The molecule has 2 heterocycles. The second-order valence-corrected chi connectivity index (χ2v) is 6.72. The first-order valence-corrected chi connectivity index (χ1v) is 7.45. The molecule has 1 aromatic heterocycles. The summed E-state index contributed by atoms with van der Waals surface area (Å²) in [6.45, 7) is 12.1.